The predicted octanol–water partition coefficient (Wildman–Crippen LogP) is 10.4. The molecule has 0 saturated heterocycles. The van der Waals surface area contributed by atoms with E-state index in [2.05, 4.69) is 50.3 Å². The Hall–Kier alpha value is -1.28. The first-order valence-corrected chi connectivity index (χ1v) is 21.2. The molecule has 0 aromatic heterocycles. The molecule has 0 aliphatic rings. The summed E-state index contributed by atoms with van der Waals surface area (Å²) in [6, 6.07) is 0. The minimum absolute atomic E-state index is 0.0239. The first kappa shape index (κ1) is 47.7. The smallest absolute Gasteiger partial charge is 0.306 e. The molecule has 0 saturated carbocycles. The molecule has 0 heterocycles. The lowest BCUT2D eigenvalue weighted by atomic mass is 10.1. The quantitative estimate of drug-likeness (QED) is 0.0210. The van der Waals surface area contributed by atoms with Gasteiger partial charge in [-0.05, 0) is 51.4 Å². The van der Waals surface area contributed by atoms with E-state index in [1.165, 1.54) is 83.5 Å². The molecule has 9 heteroatoms. The fraction of sp³-hybridized carbons (Fsp3) is 0.825. The number of ether oxygens (including phenoxy) is 2. The van der Waals surface area contributed by atoms with Gasteiger partial charge in [0.05, 0.1) is 34.4 Å². The molecule has 288 valence electrons. The number of unbranched alkanes of at least 4 members (excludes halogenated alkanes) is 16. The highest BCUT2D eigenvalue weighted by molar-refractivity contribution is 7.45. The molecule has 0 aliphatic carbocycles. The summed E-state index contributed by atoms with van der Waals surface area (Å²) in [6.45, 7) is 5.30. The van der Waals surface area contributed by atoms with Crippen molar-refractivity contribution >= 4 is 13.8 Å². The molecule has 0 aromatic rings. The number of esters is 1. The second kappa shape index (κ2) is 33.8. The number of likely N-dealkylation sites (N-methyl/N-ethyl adjacent to an activating group) is 1. The third kappa shape index (κ3) is 37.8. The summed E-state index contributed by atoms with van der Waals surface area (Å²) in [7, 11) is 1.35. The lowest BCUT2D eigenvalue weighted by molar-refractivity contribution is -0.870. The number of carbonyl (C=O) groups excluding carboxylic acids is 1. The summed E-state index contributed by atoms with van der Waals surface area (Å²) in [5.74, 6) is -0.346. The lowest BCUT2D eigenvalue weighted by Crippen LogP contribution is -2.37. The van der Waals surface area contributed by atoms with Crippen LogP contribution < -0.4 is 4.89 Å². The Bertz CT molecular complexity index is 884. The normalized spacial score (nSPS) is 14.3. The van der Waals surface area contributed by atoms with Crippen LogP contribution in [0.5, 0.6) is 0 Å². The standard InChI is InChI=1S/C40H76NO7P/c1-6-8-10-12-14-15-16-17-18-19-20-21-22-23-24-25-26-28-30-32-35-45-37-39(38-47-49(43,44)46-36-34-41(3,4)5)48-40(42)33-31-29-27-13-11-9-7-2/h14-15,17-18,20-21,39H,6-13,16,19,22-38H2,1-5H3/b15-14-,18-17-,21-20-. The van der Waals surface area contributed by atoms with Crippen molar-refractivity contribution in [1.29, 1.82) is 0 Å². The zero-order valence-electron chi connectivity index (χ0n) is 32.4. The molecular formula is C40H76NO7P. The average Bonchev–Trinajstić information content (AvgIpc) is 3.04. The minimum atomic E-state index is -4.51. The van der Waals surface area contributed by atoms with E-state index in [0.717, 1.165) is 51.4 Å². The SMILES string of the molecule is CCCCC/C=C\C/C=C\C/C=C\CCCCCCCCCOCC(COP(=O)([O-])OCC[N+](C)(C)C)OC(=O)CCCCCCCCC. The molecule has 2 atom stereocenters. The summed E-state index contributed by atoms with van der Waals surface area (Å²) in [5, 5.41) is 0. The summed E-state index contributed by atoms with van der Waals surface area (Å²) in [5.41, 5.74) is 0. The van der Waals surface area contributed by atoms with Crippen molar-refractivity contribution in [2.24, 2.45) is 0 Å². The monoisotopic (exact) mass is 714 g/mol. The van der Waals surface area contributed by atoms with Gasteiger partial charge in [0, 0.05) is 13.0 Å². The fourth-order valence-corrected chi connectivity index (χ4v) is 5.81. The van der Waals surface area contributed by atoms with Crippen LogP contribution in [0.25, 0.3) is 0 Å². The fourth-order valence-electron chi connectivity index (χ4n) is 5.08. The van der Waals surface area contributed by atoms with Gasteiger partial charge >= 0.3 is 5.97 Å². The third-order valence-corrected chi connectivity index (χ3v) is 9.16. The average molecular weight is 714 g/mol. The van der Waals surface area contributed by atoms with Gasteiger partial charge in [0.1, 0.15) is 19.3 Å². The molecule has 0 rings (SSSR count). The lowest BCUT2D eigenvalue weighted by Gasteiger charge is -2.28. The van der Waals surface area contributed by atoms with Crippen molar-refractivity contribution < 1.29 is 37.3 Å². The summed E-state index contributed by atoms with van der Waals surface area (Å²) < 4.78 is 34.3. The van der Waals surface area contributed by atoms with Crippen LogP contribution in [0.2, 0.25) is 0 Å². The van der Waals surface area contributed by atoms with Crippen molar-refractivity contribution in [2.45, 2.75) is 161 Å². The maximum absolute atomic E-state index is 12.5. The van der Waals surface area contributed by atoms with Crippen LogP contribution in [0.4, 0.5) is 0 Å². The van der Waals surface area contributed by atoms with Gasteiger partial charge in [0.2, 0.25) is 0 Å². The van der Waals surface area contributed by atoms with E-state index >= 15 is 0 Å². The highest BCUT2D eigenvalue weighted by atomic mass is 31.2. The Labute approximate surface area is 302 Å². The number of hydrogen-bond donors (Lipinski definition) is 0. The zero-order chi connectivity index (χ0) is 36.3. The molecule has 0 spiro atoms. The van der Waals surface area contributed by atoms with Crippen LogP contribution in [-0.2, 0) is 27.9 Å². The van der Waals surface area contributed by atoms with Crippen molar-refractivity contribution in [3.8, 4) is 0 Å². The van der Waals surface area contributed by atoms with Gasteiger partial charge < -0.3 is 27.9 Å². The zero-order valence-corrected chi connectivity index (χ0v) is 33.3. The Kier molecular flexibility index (Phi) is 33.0. The number of carbonyl (C=O) groups is 1. The topological polar surface area (TPSA) is 94.1 Å². The Morgan fingerprint density at radius 1 is 0.633 bits per heavy atom. The Morgan fingerprint density at radius 3 is 1.71 bits per heavy atom. The van der Waals surface area contributed by atoms with E-state index < -0.39 is 13.9 Å². The number of rotatable bonds is 36. The number of nitrogens with zero attached hydrogens (tertiary/aromatic N) is 1. The Morgan fingerprint density at radius 2 is 1.12 bits per heavy atom. The maximum Gasteiger partial charge on any atom is 0.306 e. The number of quaternary nitrogens is 1. The van der Waals surface area contributed by atoms with Gasteiger partial charge in [0.25, 0.3) is 7.82 Å². The van der Waals surface area contributed by atoms with Crippen molar-refractivity contribution in [2.75, 3.05) is 54.1 Å². The number of allylic oxidation sites excluding steroid dienone is 6. The van der Waals surface area contributed by atoms with Crippen LogP contribution in [0.15, 0.2) is 36.5 Å². The third-order valence-electron chi connectivity index (χ3n) is 8.19. The number of hydrogen-bond acceptors (Lipinski definition) is 7. The van der Waals surface area contributed by atoms with Crippen molar-refractivity contribution in [1.82, 2.24) is 0 Å². The Balaban J connectivity index is 4.16. The molecule has 0 radical (unpaired) electrons. The molecule has 49 heavy (non-hydrogen) atoms. The molecule has 0 N–H and O–H groups in total. The van der Waals surface area contributed by atoms with Gasteiger partial charge in [-0.1, -0.05) is 134 Å². The second-order valence-electron chi connectivity index (χ2n) is 14.3. The van der Waals surface area contributed by atoms with Crippen LogP contribution in [0.3, 0.4) is 0 Å². The number of phosphoric acid groups is 1. The summed E-state index contributed by atoms with van der Waals surface area (Å²) in [4.78, 5) is 24.8. The van der Waals surface area contributed by atoms with E-state index in [-0.39, 0.29) is 25.8 Å². The van der Waals surface area contributed by atoms with Crippen LogP contribution >= 0.6 is 7.82 Å². The van der Waals surface area contributed by atoms with Gasteiger partial charge in [-0.2, -0.15) is 0 Å². The molecule has 2 unspecified atom stereocenters. The van der Waals surface area contributed by atoms with E-state index in [9.17, 15) is 14.3 Å². The highest BCUT2D eigenvalue weighted by Crippen LogP contribution is 2.38. The largest absolute Gasteiger partial charge is 0.756 e. The maximum atomic E-state index is 12.5. The molecular weight excluding hydrogens is 637 g/mol. The van der Waals surface area contributed by atoms with Crippen LogP contribution in [0, 0.1) is 0 Å². The van der Waals surface area contributed by atoms with Crippen LogP contribution in [0.1, 0.15) is 155 Å². The van der Waals surface area contributed by atoms with E-state index in [1.807, 2.05) is 21.1 Å². The summed E-state index contributed by atoms with van der Waals surface area (Å²) >= 11 is 0. The summed E-state index contributed by atoms with van der Waals surface area (Å²) in [6.07, 6.45) is 37.4. The molecule has 8 nitrogen and oxygen atoms in total. The predicted molar refractivity (Wildman–Crippen MR) is 203 cm³/mol. The van der Waals surface area contributed by atoms with Gasteiger partial charge in [-0.25, -0.2) is 0 Å². The second-order valence-corrected chi connectivity index (χ2v) is 15.7. The van der Waals surface area contributed by atoms with Gasteiger partial charge in [0.15, 0.2) is 0 Å². The van der Waals surface area contributed by atoms with Crippen molar-refractivity contribution in [3.05, 3.63) is 36.5 Å². The number of phosphoric ester groups is 1. The van der Waals surface area contributed by atoms with Gasteiger partial charge in [-0.15, -0.1) is 0 Å². The van der Waals surface area contributed by atoms with Gasteiger partial charge in [-0.3, -0.25) is 9.36 Å². The molecule has 0 amide bonds. The minimum Gasteiger partial charge on any atom is -0.756 e. The van der Waals surface area contributed by atoms with E-state index in [0.29, 0.717) is 24.1 Å². The molecule has 0 fully saturated rings. The van der Waals surface area contributed by atoms with E-state index in [1.54, 1.807) is 0 Å². The van der Waals surface area contributed by atoms with E-state index in [4.69, 9.17) is 18.5 Å². The first-order chi connectivity index (χ1) is 23.6. The molecule has 0 aliphatic heterocycles. The van der Waals surface area contributed by atoms with Crippen LogP contribution in [-0.4, -0.2) is 70.7 Å². The van der Waals surface area contributed by atoms with Crippen molar-refractivity contribution in [3.63, 3.8) is 0 Å². The molecule has 0 bridgehead atoms. The highest BCUT2D eigenvalue weighted by Gasteiger charge is 2.20. The first-order valence-electron chi connectivity index (χ1n) is 19.7. The molecule has 0 aromatic carbocycles.